The summed E-state index contributed by atoms with van der Waals surface area (Å²) >= 11 is 0. The molecule has 1 aromatic rings. The SMILES string of the molecule is Nc1cc(F)c(N2CCCC3(C2)OCCO3)c(F)c1. The largest absolute Gasteiger partial charge is 0.399 e. The van der Waals surface area contributed by atoms with Gasteiger partial charge in [0.2, 0.25) is 0 Å². The van der Waals surface area contributed by atoms with E-state index in [1.54, 1.807) is 4.90 Å². The van der Waals surface area contributed by atoms with Gasteiger partial charge in [0.05, 0.1) is 19.8 Å². The van der Waals surface area contributed by atoms with E-state index in [0.717, 1.165) is 25.0 Å². The number of halogens is 2. The van der Waals surface area contributed by atoms with Crippen molar-refractivity contribution >= 4 is 11.4 Å². The highest BCUT2D eigenvalue weighted by Crippen LogP contribution is 2.35. The van der Waals surface area contributed by atoms with Crippen LogP contribution in [0.25, 0.3) is 0 Å². The van der Waals surface area contributed by atoms with Gasteiger partial charge in [-0.05, 0) is 18.6 Å². The van der Waals surface area contributed by atoms with E-state index in [2.05, 4.69) is 0 Å². The number of benzene rings is 1. The van der Waals surface area contributed by atoms with Gasteiger partial charge in [0.1, 0.15) is 5.69 Å². The van der Waals surface area contributed by atoms with Crippen LogP contribution in [-0.2, 0) is 9.47 Å². The van der Waals surface area contributed by atoms with Crippen molar-refractivity contribution in [2.75, 3.05) is 36.9 Å². The van der Waals surface area contributed by atoms with Gasteiger partial charge in [0.15, 0.2) is 17.4 Å². The molecule has 2 aliphatic rings. The van der Waals surface area contributed by atoms with Crippen LogP contribution in [0.4, 0.5) is 20.2 Å². The summed E-state index contributed by atoms with van der Waals surface area (Å²) in [6.45, 7) is 1.97. The van der Waals surface area contributed by atoms with Crippen molar-refractivity contribution in [3.8, 4) is 0 Å². The van der Waals surface area contributed by atoms with E-state index in [4.69, 9.17) is 15.2 Å². The maximum Gasteiger partial charge on any atom is 0.186 e. The summed E-state index contributed by atoms with van der Waals surface area (Å²) in [5.41, 5.74) is 5.46. The molecule has 2 fully saturated rings. The lowest BCUT2D eigenvalue weighted by Gasteiger charge is -2.39. The zero-order valence-electron chi connectivity index (χ0n) is 10.5. The van der Waals surface area contributed by atoms with E-state index < -0.39 is 17.4 Å². The van der Waals surface area contributed by atoms with Crippen molar-refractivity contribution in [3.05, 3.63) is 23.8 Å². The molecule has 3 rings (SSSR count). The number of rotatable bonds is 1. The molecule has 0 radical (unpaired) electrons. The van der Waals surface area contributed by atoms with Crippen molar-refractivity contribution < 1.29 is 18.3 Å². The summed E-state index contributed by atoms with van der Waals surface area (Å²) in [7, 11) is 0. The predicted molar refractivity (Wildman–Crippen MR) is 66.9 cm³/mol. The van der Waals surface area contributed by atoms with Crippen molar-refractivity contribution in [2.45, 2.75) is 18.6 Å². The Labute approximate surface area is 110 Å². The predicted octanol–water partition coefficient (Wildman–Crippen LogP) is 1.89. The molecule has 0 aromatic heterocycles. The van der Waals surface area contributed by atoms with Crippen LogP contribution in [0.1, 0.15) is 12.8 Å². The number of anilines is 2. The number of piperidine rings is 1. The van der Waals surface area contributed by atoms with E-state index in [0.29, 0.717) is 26.3 Å². The molecule has 1 spiro atoms. The Balaban J connectivity index is 1.90. The van der Waals surface area contributed by atoms with E-state index in [9.17, 15) is 8.78 Å². The van der Waals surface area contributed by atoms with Crippen molar-refractivity contribution in [1.82, 2.24) is 0 Å². The summed E-state index contributed by atoms with van der Waals surface area (Å²) in [6.07, 6.45) is 1.52. The quantitative estimate of drug-likeness (QED) is 0.792. The minimum Gasteiger partial charge on any atom is -0.399 e. The molecule has 0 amide bonds. The molecule has 2 heterocycles. The molecule has 104 valence electrons. The maximum absolute atomic E-state index is 13.9. The van der Waals surface area contributed by atoms with Gasteiger partial charge in [0, 0.05) is 18.7 Å². The average Bonchev–Trinajstić information content (AvgIpc) is 2.76. The number of ether oxygens (including phenoxy) is 2. The fourth-order valence-corrected chi connectivity index (χ4v) is 2.80. The van der Waals surface area contributed by atoms with E-state index in [1.807, 2.05) is 0 Å². The Hall–Kier alpha value is -1.40. The Morgan fingerprint density at radius 1 is 1.16 bits per heavy atom. The number of nitrogens with zero attached hydrogens (tertiary/aromatic N) is 1. The zero-order chi connectivity index (χ0) is 13.5. The third kappa shape index (κ3) is 2.26. The van der Waals surface area contributed by atoms with Gasteiger partial charge in [-0.25, -0.2) is 8.78 Å². The van der Waals surface area contributed by atoms with Crippen LogP contribution in [0.15, 0.2) is 12.1 Å². The molecular formula is C13H16F2N2O2. The van der Waals surface area contributed by atoms with Crippen molar-refractivity contribution in [1.29, 1.82) is 0 Å². The maximum atomic E-state index is 13.9. The summed E-state index contributed by atoms with van der Waals surface area (Å²) in [5, 5.41) is 0. The van der Waals surface area contributed by atoms with E-state index in [-0.39, 0.29) is 11.4 Å². The normalized spacial score (nSPS) is 22.1. The first-order valence-corrected chi connectivity index (χ1v) is 6.37. The van der Waals surface area contributed by atoms with Crippen LogP contribution in [0.2, 0.25) is 0 Å². The number of hydrogen-bond acceptors (Lipinski definition) is 4. The molecule has 2 aliphatic heterocycles. The lowest BCUT2D eigenvalue weighted by molar-refractivity contribution is -0.161. The molecule has 0 bridgehead atoms. The minimum absolute atomic E-state index is 0.0487. The second-order valence-corrected chi connectivity index (χ2v) is 4.97. The van der Waals surface area contributed by atoms with Gasteiger partial charge < -0.3 is 20.1 Å². The van der Waals surface area contributed by atoms with Gasteiger partial charge in [0.25, 0.3) is 0 Å². The third-order valence-corrected chi connectivity index (χ3v) is 3.59. The monoisotopic (exact) mass is 270 g/mol. The highest BCUT2D eigenvalue weighted by molar-refractivity contribution is 5.56. The van der Waals surface area contributed by atoms with Gasteiger partial charge in [-0.1, -0.05) is 0 Å². The van der Waals surface area contributed by atoms with Gasteiger partial charge in [-0.3, -0.25) is 0 Å². The molecule has 0 aliphatic carbocycles. The topological polar surface area (TPSA) is 47.7 Å². The number of hydrogen-bond donors (Lipinski definition) is 1. The van der Waals surface area contributed by atoms with Crippen LogP contribution < -0.4 is 10.6 Å². The highest BCUT2D eigenvalue weighted by atomic mass is 19.1. The first-order chi connectivity index (χ1) is 9.10. The Kier molecular flexibility index (Phi) is 3.06. The van der Waals surface area contributed by atoms with Gasteiger partial charge >= 0.3 is 0 Å². The molecule has 19 heavy (non-hydrogen) atoms. The van der Waals surface area contributed by atoms with Crippen LogP contribution in [-0.4, -0.2) is 32.1 Å². The number of nitrogens with two attached hydrogens (primary N) is 1. The Morgan fingerprint density at radius 2 is 1.79 bits per heavy atom. The second-order valence-electron chi connectivity index (χ2n) is 4.97. The summed E-state index contributed by atoms with van der Waals surface area (Å²) < 4.78 is 39.1. The lowest BCUT2D eigenvalue weighted by Crippen LogP contribution is -2.49. The van der Waals surface area contributed by atoms with Crippen LogP contribution >= 0.6 is 0 Å². The summed E-state index contributed by atoms with van der Waals surface area (Å²) in [5.74, 6) is -2.00. The first kappa shape index (κ1) is 12.6. The molecule has 0 unspecified atom stereocenters. The minimum atomic E-state index is -0.710. The third-order valence-electron chi connectivity index (χ3n) is 3.59. The Bertz CT molecular complexity index is 467. The van der Waals surface area contributed by atoms with Gasteiger partial charge in [-0.2, -0.15) is 0 Å². The average molecular weight is 270 g/mol. The van der Waals surface area contributed by atoms with Crippen LogP contribution in [0, 0.1) is 11.6 Å². The molecule has 6 heteroatoms. The van der Waals surface area contributed by atoms with Crippen molar-refractivity contribution in [3.63, 3.8) is 0 Å². The molecule has 1 aromatic carbocycles. The standard InChI is InChI=1S/C13H16F2N2O2/c14-10-6-9(16)7-11(15)12(10)17-3-1-2-13(8-17)18-4-5-19-13/h6-7H,1-5,8,16H2. The second kappa shape index (κ2) is 4.61. The summed E-state index contributed by atoms with van der Waals surface area (Å²) in [6, 6.07) is 2.27. The van der Waals surface area contributed by atoms with Gasteiger partial charge in [-0.15, -0.1) is 0 Å². The smallest absolute Gasteiger partial charge is 0.186 e. The Morgan fingerprint density at radius 3 is 2.42 bits per heavy atom. The fraction of sp³-hybridized carbons (Fsp3) is 0.538. The highest BCUT2D eigenvalue weighted by Gasteiger charge is 2.41. The molecule has 2 N–H and O–H groups in total. The van der Waals surface area contributed by atoms with E-state index in [1.165, 1.54) is 0 Å². The molecular weight excluding hydrogens is 254 g/mol. The van der Waals surface area contributed by atoms with E-state index >= 15 is 0 Å². The number of nitrogen functional groups attached to an aromatic ring is 1. The first-order valence-electron chi connectivity index (χ1n) is 6.37. The van der Waals surface area contributed by atoms with Crippen LogP contribution in [0.5, 0.6) is 0 Å². The lowest BCUT2D eigenvalue weighted by atomic mass is 10.0. The van der Waals surface area contributed by atoms with Crippen LogP contribution in [0.3, 0.4) is 0 Å². The molecule has 0 atom stereocenters. The van der Waals surface area contributed by atoms with Crippen molar-refractivity contribution in [2.24, 2.45) is 0 Å². The zero-order valence-corrected chi connectivity index (χ0v) is 10.5. The fourth-order valence-electron chi connectivity index (χ4n) is 2.80. The molecule has 0 saturated carbocycles. The summed E-state index contributed by atoms with van der Waals surface area (Å²) in [4.78, 5) is 1.64. The molecule has 4 nitrogen and oxygen atoms in total. The molecule has 2 saturated heterocycles.